The van der Waals surface area contributed by atoms with Gasteiger partial charge in [0.05, 0.1) is 22.8 Å². The molecular formula is C24H31N5O. The van der Waals surface area contributed by atoms with Gasteiger partial charge < -0.3 is 10.2 Å². The van der Waals surface area contributed by atoms with Crippen molar-refractivity contribution in [1.29, 1.82) is 0 Å². The molecule has 0 atom stereocenters. The first-order valence-electron chi connectivity index (χ1n) is 10.9. The van der Waals surface area contributed by atoms with Gasteiger partial charge in [0.1, 0.15) is 0 Å². The Morgan fingerprint density at radius 1 is 1.07 bits per heavy atom. The summed E-state index contributed by atoms with van der Waals surface area (Å²) in [5, 5.41) is 8.60. The van der Waals surface area contributed by atoms with Crippen LogP contribution in [0.4, 0.5) is 0 Å². The summed E-state index contributed by atoms with van der Waals surface area (Å²) in [6.45, 7) is 10.6. The third kappa shape index (κ3) is 4.10. The molecule has 2 aromatic heterocycles. The van der Waals surface area contributed by atoms with E-state index in [1.807, 2.05) is 41.1 Å². The van der Waals surface area contributed by atoms with Crippen molar-refractivity contribution < 1.29 is 4.79 Å². The van der Waals surface area contributed by atoms with Crippen LogP contribution < -0.4 is 5.32 Å². The van der Waals surface area contributed by atoms with E-state index in [-0.39, 0.29) is 18.0 Å². The number of likely N-dealkylation sites (tertiary alicyclic amines) is 1. The first kappa shape index (κ1) is 20.5. The topological polar surface area (TPSA) is 63.1 Å². The van der Waals surface area contributed by atoms with Crippen molar-refractivity contribution in [2.24, 2.45) is 0 Å². The summed E-state index contributed by atoms with van der Waals surface area (Å²) in [6, 6.07) is 12.8. The van der Waals surface area contributed by atoms with E-state index in [4.69, 9.17) is 4.98 Å². The lowest BCUT2D eigenvalue weighted by atomic mass is 10.0. The molecule has 0 aliphatic carbocycles. The van der Waals surface area contributed by atoms with Gasteiger partial charge in [0.25, 0.3) is 5.91 Å². The van der Waals surface area contributed by atoms with Gasteiger partial charge in [-0.05, 0) is 46.6 Å². The van der Waals surface area contributed by atoms with Crippen molar-refractivity contribution in [3.63, 3.8) is 0 Å². The van der Waals surface area contributed by atoms with Gasteiger partial charge in [-0.1, -0.05) is 30.3 Å². The van der Waals surface area contributed by atoms with E-state index in [0.717, 1.165) is 48.2 Å². The summed E-state index contributed by atoms with van der Waals surface area (Å²) in [5.74, 6) is -0.0362. The zero-order valence-corrected chi connectivity index (χ0v) is 18.3. The zero-order valence-electron chi connectivity index (χ0n) is 18.3. The number of aromatic nitrogens is 3. The minimum Gasteiger partial charge on any atom is -0.349 e. The number of nitrogens with zero attached hydrogens (tertiary/aromatic N) is 4. The monoisotopic (exact) mass is 405 g/mol. The Hall–Kier alpha value is -2.73. The van der Waals surface area contributed by atoms with Gasteiger partial charge in [-0.15, -0.1) is 0 Å². The summed E-state index contributed by atoms with van der Waals surface area (Å²) in [7, 11) is 0. The maximum absolute atomic E-state index is 13.3. The molecule has 1 aliphatic rings. The number of rotatable bonds is 5. The lowest BCUT2D eigenvalue weighted by Crippen LogP contribution is -2.46. The van der Waals surface area contributed by atoms with Gasteiger partial charge >= 0.3 is 0 Å². The minimum atomic E-state index is -0.0362. The Bertz CT molecular complexity index is 1020. The maximum Gasteiger partial charge on any atom is 0.252 e. The number of carbonyl (C=O) groups is 1. The van der Waals surface area contributed by atoms with Crippen LogP contribution in [0.15, 0.2) is 42.6 Å². The molecule has 1 amide bonds. The standard InChI is InChI=1S/C24H31N5O/c1-16(2)28-12-10-19(11-13-28)26-24(30)20-14-22(18-8-6-5-7-9-18)27-23-21(20)15-25-29(23)17(3)4/h5-9,14-17,19H,10-13H2,1-4H3,(H,26,30). The summed E-state index contributed by atoms with van der Waals surface area (Å²) in [6.07, 6.45) is 3.73. The van der Waals surface area contributed by atoms with Crippen molar-refractivity contribution in [3.05, 3.63) is 48.2 Å². The van der Waals surface area contributed by atoms with Crippen LogP contribution in [0.5, 0.6) is 0 Å². The molecule has 1 aliphatic heterocycles. The molecule has 30 heavy (non-hydrogen) atoms. The second kappa shape index (κ2) is 8.56. The van der Waals surface area contributed by atoms with E-state index >= 15 is 0 Å². The lowest BCUT2D eigenvalue weighted by molar-refractivity contribution is 0.0902. The number of carbonyl (C=O) groups excluding carboxylic acids is 1. The molecule has 3 heterocycles. The van der Waals surface area contributed by atoms with Gasteiger partial charge in [-0.2, -0.15) is 5.10 Å². The molecule has 1 N–H and O–H groups in total. The van der Waals surface area contributed by atoms with Crippen LogP contribution in [0.1, 0.15) is 56.9 Å². The number of amides is 1. The highest BCUT2D eigenvalue weighted by molar-refractivity contribution is 6.06. The maximum atomic E-state index is 13.3. The fourth-order valence-corrected chi connectivity index (χ4v) is 4.16. The summed E-state index contributed by atoms with van der Waals surface area (Å²) in [4.78, 5) is 20.6. The molecule has 158 valence electrons. The van der Waals surface area contributed by atoms with Crippen molar-refractivity contribution in [2.75, 3.05) is 13.1 Å². The quantitative estimate of drug-likeness (QED) is 0.688. The van der Waals surface area contributed by atoms with Crippen molar-refractivity contribution in [3.8, 4) is 11.3 Å². The molecule has 0 unspecified atom stereocenters. The highest BCUT2D eigenvalue weighted by atomic mass is 16.1. The van der Waals surface area contributed by atoms with Crippen LogP contribution in [0.2, 0.25) is 0 Å². The van der Waals surface area contributed by atoms with Crippen LogP contribution in [0.25, 0.3) is 22.3 Å². The average Bonchev–Trinajstić information content (AvgIpc) is 3.18. The normalized spacial score (nSPS) is 15.9. The summed E-state index contributed by atoms with van der Waals surface area (Å²) < 4.78 is 1.89. The van der Waals surface area contributed by atoms with Crippen molar-refractivity contribution in [2.45, 2.75) is 58.7 Å². The molecule has 6 heteroatoms. The van der Waals surface area contributed by atoms with Crippen LogP contribution in [-0.2, 0) is 0 Å². The molecular weight excluding hydrogens is 374 g/mol. The van der Waals surface area contributed by atoms with Gasteiger partial charge in [0, 0.05) is 36.8 Å². The van der Waals surface area contributed by atoms with Gasteiger partial charge in [0.15, 0.2) is 5.65 Å². The first-order valence-corrected chi connectivity index (χ1v) is 10.9. The molecule has 4 rings (SSSR count). The van der Waals surface area contributed by atoms with Crippen LogP contribution in [-0.4, -0.2) is 50.7 Å². The van der Waals surface area contributed by atoms with Crippen molar-refractivity contribution >= 4 is 16.9 Å². The molecule has 1 aromatic carbocycles. The Morgan fingerprint density at radius 2 is 1.77 bits per heavy atom. The molecule has 1 fully saturated rings. The van der Waals surface area contributed by atoms with E-state index in [1.54, 1.807) is 6.20 Å². The number of hydrogen-bond acceptors (Lipinski definition) is 4. The predicted molar refractivity (Wildman–Crippen MR) is 121 cm³/mol. The van der Waals surface area contributed by atoms with E-state index in [1.165, 1.54) is 0 Å². The fraction of sp³-hybridized carbons (Fsp3) is 0.458. The lowest BCUT2D eigenvalue weighted by Gasteiger charge is -2.34. The average molecular weight is 406 g/mol. The van der Waals surface area contributed by atoms with Crippen LogP contribution in [0, 0.1) is 0 Å². The van der Waals surface area contributed by atoms with E-state index in [9.17, 15) is 4.79 Å². The fourth-order valence-electron chi connectivity index (χ4n) is 4.16. The smallest absolute Gasteiger partial charge is 0.252 e. The SMILES string of the molecule is CC(C)N1CCC(NC(=O)c2cc(-c3ccccc3)nc3c2cnn3C(C)C)CC1. The van der Waals surface area contributed by atoms with Gasteiger partial charge in [-0.3, -0.25) is 4.79 Å². The largest absolute Gasteiger partial charge is 0.349 e. The Kier molecular flexibility index (Phi) is 5.86. The molecule has 0 bridgehead atoms. The van der Waals surface area contributed by atoms with Gasteiger partial charge in [0.2, 0.25) is 0 Å². The third-order valence-corrected chi connectivity index (χ3v) is 5.97. The Balaban J connectivity index is 1.66. The second-order valence-corrected chi connectivity index (χ2v) is 8.72. The highest BCUT2D eigenvalue weighted by Gasteiger charge is 2.24. The number of benzene rings is 1. The van der Waals surface area contributed by atoms with Crippen LogP contribution >= 0.6 is 0 Å². The number of hydrogen-bond donors (Lipinski definition) is 1. The second-order valence-electron chi connectivity index (χ2n) is 8.72. The molecule has 6 nitrogen and oxygen atoms in total. The summed E-state index contributed by atoms with van der Waals surface area (Å²) >= 11 is 0. The third-order valence-electron chi connectivity index (χ3n) is 5.97. The Morgan fingerprint density at radius 3 is 2.40 bits per heavy atom. The molecule has 0 radical (unpaired) electrons. The highest BCUT2D eigenvalue weighted by Crippen LogP contribution is 2.26. The molecule has 0 saturated carbocycles. The summed E-state index contributed by atoms with van der Waals surface area (Å²) in [5.41, 5.74) is 3.20. The predicted octanol–water partition coefficient (Wildman–Crippen LogP) is 4.28. The zero-order chi connectivity index (χ0) is 21.3. The molecule has 0 spiro atoms. The number of fused-ring (bicyclic) bond motifs is 1. The molecule has 3 aromatic rings. The van der Waals surface area contributed by atoms with E-state index < -0.39 is 0 Å². The van der Waals surface area contributed by atoms with Crippen LogP contribution in [0.3, 0.4) is 0 Å². The Labute approximate surface area is 178 Å². The number of piperidine rings is 1. The molecule has 1 saturated heterocycles. The van der Waals surface area contributed by atoms with Gasteiger partial charge in [-0.25, -0.2) is 9.67 Å². The van der Waals surface area contributed by atoms with E-state index in [0.29, 0.717) is 11.6 Å². The minimum absolute atomic E-state index is 0.0362. The number of pyridine rings is 1. The van der Waals surface area contributed by atoms with Crippen molar-refractivity contribution in [1.82, 2.24) is 25.0 Å². The van der Waals surface area contributed by atoms with E-state index in [2.05, 4.69) is 43.0 Å². The number of nitrogens with one attached hydrogen (secondary N) is 1. The first-order chi connectivity index (χ1) is 14.4.